The van der Waals surface area contributed by atoms with E-state index in [-0.39, 0.29) is 11.6 Å². The quantitative estimate of drug-likeness (QED) is 0.475. The molecule has 17 heavy (non-hydrogen) atoms. The predicted molar refractivity (Wildman–Crippen MR) is 62.3 cm³/mol. The number of carbonyl (C=O) groups excluding carboxylic acids is 1. The van der Waals surface area contributed by atoms with E-state index in [4.69, 9.17) is 0 Å². The molecule has 0 saturated carbocycles. The van der Waals surface area contributed by atoms with Crippen molar-refractivity contribution in [3.8, 4) is 0 Å². The number of nitro benzene ring substituents is 1. The average Bonchev–Trinajstić information content (AvgIpc) is 2.61. The number of hydrogen-bond acceptors (Lipinski definition) is 4. The number of amides is 1. The van der Waals surface area contributed by atoms with Crippen LogP contribution in [0.1, 0.15) is 12.5 Å². The topological polar surface area (TPSA) is 84.6 Å². The summed E-state index contributed by atoms with van der Waals surface area (Å²) in [5.74, 6) is -0.297. The van der Waals surface area contributed by atoms with Gasteiger partial charge < -0.3 is 0 Å². The third kappa shape index (κ3) is 2.20. The second kappa shape index (κ2) is 4.17. The maximum atomic E-state index is 11.4. The Labute approximate surface area is 96.8 Å². The number of hydrazone groups is 1. The first-order valence-electron chi connectivity index (χ1n) is 4.89. The van der Waals surface area contributed by atoms with E-state index in [0.29, 0.717) is 16.8 Å². The van der Waals surface area contributed by atoms with E-state index < -0.39 is 4.92 Å². The molecule has 6 heteroatoms. The average molecular weight is 231 g/mol. The van der Waals surface area contributed by atoms with Crippen molar-refractivity contribution in [1.29, 1.82) is 0 Å². The number of benzene rings is 1. The van der Waals surface area contributed by atoms with Gasteiger partial charge in [-0.2, -0.15) is 5.10 Å². The fourth-order valence-corrected chi connectivity index (χ4v) is 1.48. The van der Waals surface area contributed by atoms with Crippen molar-refractivity contribution in [3.63, 3.8) is 0 Å². The van der Waals surface area contributed by atoms with Crippen molar-refractivity contribution in [1.82, 2.24) is 5.43 Å². The minimum Gasteiger partial charge on any atom is -0.267 e. The van der Waals surface area contributed by atoms with Gasteiger partial charge in [0.05, 0.1) is 16.2 Å². The van der Waals surface area contributed by atoms with Crippen LogP contribution in [0.4, 0.5) is 5.69 Å². The van der Waals surface area contributed by atoms with E-state index in [2.05, 4.69) is 10.5 Å². The van der Waals surface area contributed by atoms with Crippen LogP contribution in [-0.2, 0) is 4.79 Å². The van der Waals surface area contributed by atoms with Crippen LogP contribution < -0.4 is 5.43 Å². The molecule has 0 saturated heterocycles. The van der Waals surface area contributed by atoms with E-state index in [1.165, 1.54) is 12.1 Å². The highest BCUT2D eigenvalue weighted by atomic mass is 16.6. The number of non-ortho nitro benzene ring substituents is 1. The Morgan fingerprint density at radius 2 is 2.24 bits per heavy atom. The molecule has 1 heterocycles. The van der Waals surface area contributed by atoms with Crippen LogP contribution in [0.2, 0.25) is 0 Å². The van der Waals surface area contributed by atoms with E-state index in [1.54, 1.807) is 25.1 Å². The SMILES string of the molecule is CC1=NNC(=O)/C1=C/c1cccc([N+](=O)[O-])c1. The maximum absolute atomic E-state index is 11.4. The Balaban J connectivity index is 2.39. The lowest BCUT2D eigenvalue weighted by Gasteiger charge is -1.97. The van der Waals surface area contributed by atoms with E-state index in [9.17, 15) is 14.9 Å². The summed E-state index contributed by atoms with van der Waals surface area (Å²) >= 11 is 0. The van der Waals surface area contributed by atoms with Crippen LogP contribution in [0.3, 0.4) is 0 Å². The van der Waals surface area contributed by atoms with Crippen LogP contribution >= 0.6 is 0 Å². The maximum Gasteiger partial charge on any atom is 0.273 e. The van der Waals surface area contributed by atoms with Crippen molar-refractivity contribution >= 4 is 23.4 Å². The molecule has 0 unspecified atom stereocenters. The highest BCUT2D eigenvalue weighted by Gasteiger charge is 2.18. The smallest absolute Gasteiger partial charge is 0.267 e. The molecule has 0 aromatic heterocycles. The zero-order chi connectivity index (χ0) is 12.4. The van der Waals surface area contributed by atoms with Gasteiger partial charge >= 0.3 is 0 Å². The van der Waals surface area contributed by atoms with Crippen molar-refractivity contribution in [3.05, 3.63) is 45.5 Å². The van der Waals surface area contributed by atoms with E-state index in [0.717, 1.165) is 0 Å². The largest absolute Gasteiger partial charge is 0.273 e. The standard InChI is InChI=1S/C11H9N3O3/c1-7-10(11(15)13-12-7)6-8-3-2-4-9(5-8)14(16)17/h2-6H,1H3,(H,13,15)/b10-6+. The summed E-state index contributed by atoms with van der Waals surface area (Å²) < 4.78 is 0. The van der Waals surface area contributed by atoms with Gasteiger partial charge in [0, 0.05) is 12.1 Å². The van der Waals surface area contributed by atoms with Crippen LogP contribution in [0.15, 0.2) is 34.9 Å². The predicted octanol–water partition coefficient (Wildman–Crippen LogP) is 1.48. The first-order valence-corrected chi connectivity index (χ1v) is 4.89. The lowest BCUT2D eigenvalue weighted by atomic mass is 10.1. The summed E-state index contributed by atoms with van der Waals surface area (Å²) in [5, 5.41) is 14.4. The summed E-state index contributed by atoms with van der Waals surface area (Å²) in [5.41, 5.74) is 3.91. The van der Waals surface area contributed by atoms with Crippen molar-refractivity contribution in [2.24, 2.45) is 5.10 Å². The first-order chi connectivity index (χ1) is 8.08. The molecule has 0 fully saturated rings. The molecule has 0 aliphatic carbocycles. The Kier molecular flexibility index (Phi) is 2.70. The van der Waals surface area contributed by atoms with Crippen LogP contribution in [-0.4, -0.2) is 16.5 Å². The van der Waals surface area contributed by atoms with Gasteiger partial charge in [0.15, 0.2) is 0 Å². The van der Waals surface area contributed by atoms with Gasteiger partial charge in [-0.15, -0.1) is 0 Å². The van der Waals surface area contributed by atoms with Crippen molar-refractivity contribution < 1.29 is 9.72 Å². The van der Waals surface area contributed by atoms with Crippen LogP contribution in [0, 0.1) is 10.1 Å². The molecule has 0 spiro atoms. The second-order valence-electron chi connectivity index (χ2n) is 3.55. The minimum absolute atomic E-state index is 0.00709. The molecule has 1 N–H and O–H groups in total. The molecule has 1 aromatic rings. The fraction of sp³-hybridized carbons (Fsp3) is 0.0909. The number of carbonyl (C=O) groups is 1. The zero-order valence-electron chi connectivity index (χ0n) is 9.01. The summed E-state index contributed by atoms with van der Waals surface area (Å²) in [7, 11) is 0. The number of nitro groups is 1. The number of rotatable bonds is 2. The van der Waals surface area contributed by atoms with Gasteiger partial charge in [-0.05, 0) is 18.6 Å². The van der Waals surface area contributed by atoms with Gasteiger partial charge in [0.1, 0.15) is 0 Å². The molecule has 0 atom stereocenters. The lowest BCUT2D eigenvalue weighted by Crippen LogP contribution is -2.12. The molecule has 86 valence electrons. The Hall–Kier alpha value is -2.50. The summed E-state index contributed by atoms with van der Waals surface area (Å²) in [4.78, 5) is 21.5. The van der Waals surface area contributed by atoms with Crippen LogP contribution in [0.25, 0.3) is 6.08 Å². The molecular weight excluding hydrogens is 222 g/mol. The molecule has 0 radical (unpaired) electrons. The molecule has 6 nitrogen and oxygen atoms in total. The van der Waals surface area contributed by atoms with Gasteiger partial charge in [0.25, 0.3) is 11.6 Å². The number of nitrogens with zero attached hydrogens (tertiary/aromatic N) is 2. The number of hydrogen-bond donors (Lipinski definition) is 1. The molecule has 1 aliphatic rings. The minimum atomic E-state index is -0.475. The Bertz CT molecular complexity index is 561. The molecule has 0 bridgehead atoms. The van der Waals surface area contributed by atoms with Gasteiger partial charge in [0.2, 0.25) is 0 Å². The molecule has 1 aliphatic heterocycles. The molecular formula is C11H9N3O3. The zero-order valence-corrected chi connectivity index (χ0v) is 9.01. The fourth-order valence-electron chi connectivity index (χ4n) is 1.48. The third-order valence-electron chi connectivity index (χ3n) is 2.35. The van der Waals surface area contributed by atoms with E-state index >= 15 is 0 Å². The lowest BCUT2D eigenvalue weighted by molar-refractivity contribution is -0.384. The number of nitrogens with one attached hydrogen (secondary N) is 1. The second-order valence-corrected chi connectivity index (χ2v) is 3.55. The summed E-state index contributed by atoms with van der Waals surface area (Å²) in [6, 6.07) is 6.08. The summed E-state index contributed by atoms with van der Waals surface area (Å²) in [6.07, 6.45) is 1.58. The summed E-state index contributed by atoms with van der Waals surface area (Å²) in [6.45, 7) is 1.70. The van der Waals surface area contributed by atoms with E-state index in [1.807, 2.05) is 0 Å². The van der Waals surface area contributed by atoms with Gasteiger partial charge in [-0.3, -0.25) is 14.9 Å². The Morgan fingerprint density at radius 1 is 1.47 bits per heavy atom. The Morgan fingerprint density at radius 3 is 2.82 bits per heavy atom. The molecule has 1 aromatic carbocycles. The first kappa shape index (κ1) is 11.0. The highest BCUT2D eigenvalue weighted by Crippen LogP contribution is 2.17. The monoisotopic (exact) mass is 231 g/mol. The van der Waals surface area contributed by atoms with Gasteiger partial charge in [-0.1, -0.05) is 12.1 Å². The van der Waals surface area contributed by atoms with Crippen molar-refractivity contribution in [2.45, 2.75) is 6.92 Å². The molecule has 1 amide bonds. The highest BCUT2D eigenvalue weighted by molar-refractivity contribution is 6.26. The molecule has 2 rings (SSSR count). The third-order valence-corrected chi connectivity index (χ3v) is 2.35. The van der Waals surface area contributed by atoms with Gasteiger partial charge in [-0.25, -0.2) is 5.43 Å². The van der Waals surface area contributed by atoms with Crippen molar-refractivity contribution in [2.75, 3.05) is 0 Å². The normalized spacial score (nSPS) is 16.9. The van der Waals surface area contributed by atoms with Crippen LogP contribution in [0.5, 0.6) is 0 Å².